The Morgan fingerprint density at radius 1 is 1.25 bits per heavy atom. The van der Waals surface area contributed by atoms with Crippen molar-refractivity contribution < 1.29 is 9.53 Å². The van der Waals surface area contributed by atoms with Crippen LogP contribution >= 0.6 is 24.0 Å². The minimum Gasteiger partial charge on any atom is -0.459 e. The lowest BCUT2D eigenvalue weighted by Gasteiger charge is -2.19. The van der Waals surface area contributed by atoms with E-state index in [0.717, 1.165) is 42.9 Å². The molecular weight excluding hydrogens is 469 g/mol. The summed E-state index contributed by atoms with van der Waals surface area (Å²) in [6, 6.07) is 8.16. The molecule has 1 aromatic heterocycles. The SMILES string of the molecule is CCNC(=NCC(=O)OC(C)(C)C)NCCCn1c(C)nc2ccccc21.I. The summed E-state index contributed by atoms with van der Waals surface area (Å²) in [5, 5.41) is 6.41. The molecule has 0 amide bonds. The molecule has 0 aliphatic rings. The highest BCUT2D eigenvalue weighted by atomic mass is 127. The fourth-order valence-corrected chi connectivity index (χ4v) is 2.78. The maximum Gasteiger partial charge on any atom is 0.328 e. The number of hydrogen-bond acceptors (Lipinski definition) is 4. The Labute approximate surface area is 184 Å². The normalized spacial score (nSPS) is 11.8. The Hall–Kier alpha value is -1.84. The molecule has 2 N–H and O–H groups in total. The third-order valence-corrected chi connectivity index (χ3v) is 3.83. The highest BCUT2D eigenvalue weighted by molar-refractivity contribution is 14.0. The number of nitrogens with one attached hydrogen (secondary N) is 2. The van der Waals surface area contributed by atoms with Gasteiger partial charge in [-0.1, -0.05) is 12.1 Å². The highest BCUT2D eigenvalue weighted by Gasteiger charge is 2.15. The second-order valence-corrected chi connectivity index (χ2v) is 7.36. The molecule has 0 bridgehead atoms. The average molecular weight is 501 g/mol. The molecule has 2 rings (SSSR count). The second-order valence-electron chi connectivity index (χ2n) is 7.36. The molecule has 28 heavy (non-hydrogen) atoms. The number of benzene rings is 1. The molecule has 0 atom stereocenters. The number of carbonyl (C=O) groups excluding carboxylic acids is 1. The van der Waals surface area contributed by atoms with Crippen LogP contribution < -0.4 is 10.6 Å². The highest BCUT2D eigenvalue weighted by Crippen LogP contribution is 2.15. The molecule has 0 saturated carbocycles. The third-order valence-electron chi connectivity index (χ3n) is 3.83. The van der Waals surface area contributed by atoms with Crippen LogP contribution in [0, 0.1) is 6.92 Å². The van der Waals surface area contributed by atoms with Crippen LogP contribution in [0.25, 0.3) is 11.0 Å². The number of esters is 1. The number of carbonyl (C=O) groups is 1. The zero-order valence-electron chi connectivity index (χ0n) is 17.4. The summed E-state index contributed by atoms with van der Waals surface area (Å²) in [7, 11) is 0. The maximum absolute atomic E-state index is 11.8. The van der Waals surface area contributed by atoms with Crippen LogP contribution in [-0.4, -0.2) is 46.7 Å². The van der Waals surface area contributed by atoms with Gasteiger partial charge in [-0.2, -0.15) is 0 Å². The summed E-state index contributed by atoms with van der Waals surface area (Å²) in [5.74, 6) is 1.30. The second kappa shape index (κ2) is 11.2. The lowest BCUT2D eigenvalue weighted by atomic mass is 10.2. The van der Waals surface area contributed by atoms with Gasteiger partial charge in [-0.15, -0.1) is 24.0 Å². The largest absolute Gasteiger partial charge is 0.459 e. The van der Waals surface area contributed by atoms with Crippen LogP contribution in [0.4, 0.5) is 0 Å². The van der Waals surface area contributed by atoms with Crippen LogP contribution in [0.15, 0.2) is 29.3 Å². The molecule has 0 saturated heterocycles. The van der Waals surface area contributed by atoms with Crippen molar-refractivity contribution in [2.45, 2.75) is 53.2 Å². The third kappa shape index (κ3) is 7.65. The van der Waals surface area contributed by atoms with E-state index in [-0.39, 0.29) is 36.5 Å². The number of aryl methyl sites for hydroxylation is 2. The molecule has 156 valence electrons. The van der Waals surface area contributed by atoms with Gasteiger partial charge in [-0.3, -0.25) is 4.79 Å². The van der Waals surface area contributed by atoms with Crippen LogP contribution in [0.1, 0.15) is 39.9 Å². The summed E-state index contributed by atoms with van der Waals surface area (Å²) in [6.07, 6.45) is 0.915. The minimum atomic E-state index is -0.496. The smallest absolute Gasteiger partial charge is 0.328 e. The molecule has 0 aliphatic heterocycles. The number of hydrogen-bond donors (Lipinski definition) is 2. The molecule has 7 nitrogen and oxygen atoms in total. The predicted molar refractivity (Wildman–Crippen MR) is 124 cm³/mol. The zero-order valence-corrected chi connectivity index (χ0v) is 19.7. The number of fused-ring (bicyclic) bond motifs is 1. The summed E-state index contributed by atoms with van der Waals surface area (Å²) >= 11 is 0. The fourth-order valence-electron chi connectivity index (χ4n) is 2.78. The van der Waals surface area contributed by atoms with Gasteiger partial charge in [0.1, 0.15) is 18.0 Å². The Morgan fingerprint density at radius 2 is 1.96 bits per heavy atom. The van der Waals surface area contributed by atoms with Gasteiger partial charge < -0.3 is 19.9 Å². The van der Waals surface area contributed by atoms with E-state index in [9.17, 15) is 4.79 Å². The van der Waals surface area contributed by atoms with Crippen molar-refractivity contribution in [2.24, 2.45) is 4.99 Å². The number of rotatable bonds is 7. The van der Waals surface area contributed by atoms with Crippen molar-refractivity contribution in [3.63, 3.8) is 0 Å². The number of halogens is 1. The molecule has 0 aliphatic carbocycles. The van der Waals surface area contributed by atoms with E-state index in [1.165, 1.54) is 0 Å². The predicted octanol–water partition coefficient (Wildman–Crippen LogP) is 3.25. The van der Waals surface area contributed by atoms with Crippen LogP contribution in [0.3, 0.4) is 0 Å². The van der Waals surface area contributed by atoms with E-state index >= 15 is 0 Å². The Balaban J connectivity index is 0.00000392. The zero-order chi connectivity index (χ0) is 19.9. The van der Waals surface area contributed by atoms with Gasteiger partial charge in [0.15, 0.2) is 5.96 Å². The van der Waals surface area contributed by atoms with Gasteiger partial charge in [0.2, 0.25) is 0 Å². The molecular formula is C20H32IN5O2. The molecule has 2 aromatic rings. The lowest BCUT2D eigenvalue weighted by Crippen LogP contribution is -2.38. The summed E-state index contributed by atoms with van der Waals surface area (Å²) in [4.78, 5) is 20.7. The monoisotopic (exact) mass is 501 g/mol. The Bertz CT molecular complexity index is 795. The van der Waals surface area contributed by atoms with Crippen LogP contribution in [0.5, 0.6) is 0 Å². The molecule has 1 heterocycles. The number of para-hydroxylation sites is 2. The van der Waals surface area contributed by atoms with Gasteiger partial charge in [-0.05, 0) is 53.2 Å². The molecule has 0 spiro atoms. The van der Waals surface area contributed by atoms with Crippen molar-refractivity contribution in [3.05, 3.63) is 30.1 Å². The van der Waals surface area contributed by atoms with Gasteiger partial charge in [-0.25, -0.2) is 9.98 Å². The molecule has 1 aromatic carbocycles. The van der Waals surface area contributed by atoms with Crippen molar-refractivity contribution >= 4 is 46.9 Å². The first-order valence-electron chi connectivity index (χ1n) is 9.46. The molecule has 0 radical (unpaired) electrons. The van der Waals surface area contributed by atoms with E-state index in [2.05, 4.69) is 31.2 Å². The fraction of sp³-hybridized carbons (Fsp3) is 0.550. The Kier molecular flexibility index (Phi) is 9.71. The minimum absolute atomic E-state index is 0. The van der Waals surface area contributed by atoms with Crippen LogP contribution in [0.2, 0.25) is 0 Å². The van der Waals surface area contributed by atoms with Gasteiger partial charge in [0.25, 0.3) is 0 Å². The van der Waals surface area contributed by atoms with Crippen molar-refractivity contribution in [1.82, 2.24) is 20.2 Å². The standard InChI is InChI=1S/C20H31N5O2.HI/c1-6-21-19(23-14-18(26)27-20(3,4)5)22-12-9-13-25-15(2)24-16-10-7-8-11-17(16)25;/h7-8,10-11H,6,9,12-14H2,1-5H3,(H2,21,22,23);1H. The van der Waals surface area contributed by atoms with E-state index < -0.39 is 5.60 Å². The Morgan fingerprint density at radius 3 is 2.64 bits per heavy atom. The van der Waals surface area contributed by atoms with Crippen molar-refractivity contribution in [1.29, 1.82) is 0 Å². The summed E-state index contributed by atoms with van der Waals surface area (Å²) in [5.41, 5.74) is 1.68. The van der Waals surface area contributed by atoms with E-state index in [0.29, 0.717) is 5.96 Å². The van der Waals surface area contributed by atoms with E-state index in [1.807, 2.05) is 52.8 Å². The lowest BCUT2D eigenvalue weighted by molar-refractivity contribution is -0.152. The number of aromatic nitrogens is 2. The molecule has 8 heteroatoms. The van der Waals surface area contributed by atoms with Crippen molar-refractivity contribution in [2.75, 3.05) is 19.6 Å². The maximum atomic E-state index is 11.8. The number of guanidine groups is 1. The van der Waals surface area contributed by atoms with Crippen LogP contribution in [-0.2, 0) is 16.1 Å². The first-order valence-corrected chi connectivity index (χ1v) is 9.46. The number of nitrogens with zero attached hydrogens (tertiary/aromatic N) is 3. The summed E-state index contributed by atoms with van der Waals surface area (Å²) in [6.45, 7) is 11.9. The first-order chi connectivity index (χ1) is 12.8. The van der Waals surface area contributed by atoms with E-state index in [1.54, 1.807) is 0 Å². The topological polar surface area (TPSA) is 80.5 Å². The van der Waals surface area contributed by atoms with E-state index in [4.69, 9.17) is 4.74 Å². The van der Waals surface area contributed by atoms with Gasteiger partial charge in [0, 0.05) is 19.6 Å². The van der Waals surface area contributed by atoms with Gasteiger partial charge in [0.05, 0.1) is 11.0 Å². The average Bonchev–Trinajstić information content (AvgIpc) is 2.90. The first kappa shape index (κ1) is 24.2. The number of aliphatic imine (C=N–C) groups is 1. The van der Waals surface area contributed by atoms with Crippen molar-refractivity contribution in [3.8, 4) is 0 Å². The number of imidazole rings is 1. The quantitative estimate of drug-likeness (QED) is 0.200. The molecule has 0 fully saturated rings. The molecule has 0 unspecified atom stereocenters. The van der Waals surface area contributed by atoms with Gasteiger partial charge >= 0.3 is 5.97 Å². The number of ether oxygens (including phenoxy) is 1. The summed E-state index contributed by atoms with van der Waals surface area (Å²) < 4.78 is 7.51.